The average molecular weight is 571 g/mol. The number of nitrogens with one attached hydrogen (secondary N) is 2. The predicted octanol–water partition coefficient (Wildman–Crippen LogP) is 4.56. The lowest BCUT2D eigenvalue weighted by Crippen LogP contribution is -2.54. The van der Waals surface area contributed by atoms with E-state index < -0.39 is 41.7 Å². The summed E-state index contributed by atoms with van der Waals surface area (Å²) in [6, 6.07) is 20.2. The number of carbonyl (C=O) groups is 3. The van der Waals surface area contributed by atoms with E-state index in [2.05, 4.69) is 20.8 Å². The minimum Gasteiger partial charge on any atom is -0.504 e. The molecule has 3 aromatic carbocycles. The van der Waals surface area contributed by atoms with Gasteiger partial charge in [0.2, 0.25) is 16.8 Å². The number of carboxylic acids is 1. The van der Waals surface area contributed by atoms with E-state index in [0.717, 1.165) is 16.3 Å². The van der Waals surface area contributed by atoms with Crippen LogP contribution in [0.15, 0.2) is 89.9 Å². The molecule has 0 radical (unpaired) electrons. The van der Waals surface area contributed by atoms with Gasteiger partial charge in [0, 0.05) is 18.4 Å². The highest BCUT2D eigenvalue weighted by Crippen LogP contribution is 2.32. The van der Waals surface area contributed by atoms with Gasteiger partial charge in [-0.05, 0) is 28.3 Å². The second kappa shape index (κ2) is 13.0. The molecule has 0 aromatic heterocycles. The number of carboxylic acid groups (broad SMARTS) is 1. The first kappa shape index (κ1) is 29.7. The largest absolute Gasteiger partial charge is 0.504 e. The van der Waals surface area contributed by atoms with E-state index in [0.29, 0.717) is 17.5 Å². The van der Waals surface area contributed by atoms with Crippen LogP contribution < -0.4 is 10.6 Å². The van der Waals surface area contributed by atoms with Gasteiger partial charge in [-0.25, -0.2) is 0 Å². The van der Waals surface area contributed by atoms with E-state index in [1.54, 1.807) is 6.07 Å². The molecule has 4 rings (SSSR count). The van der Waals surface area contributed by atoms with Crippen LogP contribution in [0.5, 0.6) is 0 Å². The van der Waals surface area contributed by atoms with E-state index in [-0.39, 0.29) is 24.7 Å². The van der Waals surface area contributed by atoms with Gasteiger partial charge in [0.1, 0.15) is 6.04 Å². The number of hydrogen-bond acceptors (Lipinski definition) is 7. The van der Waals surface area contributed by atoms with Gasteiger partial charge in [-0.15, -0.1) is 0 Å². The zero-order chi connectivity index (χ0) is 30.3. The van der Waals surface area contributed by atoms with Crippen molar-refractivity contribution < 1.29 is 29.4 Å². The smallest absolute Gasteiger partial charge is 0.389 e. The molecule has 0 saturated heterocycles. The number of hydrogen-bond donors (Lipinski definition) is 4. The zero-order valence-electron chi connectivity index (χ0n) is 23.2. The molecule has 2 amide bonds. The fourth-order valence-corrected chi connectivity index (χ4v) is 5.01. The number of nitrogens with zero attached hydrogens (tertiary/aromatic N) is 3. The first-order valence-electron chi connectivity index (χ1n) is 13.5. The SMILES string of the molecule is CC(C)[C@H](NC(=O)c1cccc2ccccc12)C1=NOC(Cc2ccccc2)(C(=O)N[C@@H](CC(=O)O)/C(O)=C/[N+]#N)C1. The highest BCUT2D eigenvalue weighted by molar-refractivity contribution is 6.09. The van der Waals surface area contributed by atoms with Crippen molar-refractivity contribution in [1.82, 2.24) is 10.6 Å². The van der Waals surface area contributed by atoms with Gasteiger partial charge in [-0.3, -0.25) is 14.4 Å². The highest BCUT2D eigenvalue weighted by Gasteiger charge is 2.49. The number of diazo groups is 1. The summed E-state index contributed by atoms with van der Waals surface area (Å²) in [7, 11) is 0. The summed E-state index contributed by atoms with van der Waals surface area (Å²) in [5.74, 6) is -3.10. The molecular weight excluding hydrogens is 538 g/mol. The van der Waals surface area contributed by atoms with Crippen molar-refractivity contribution in [2.24, 2.45) is 11.1 Å². The maximum Gasteiger partial charge on any atom is 0.389 e. The molecule has 216 valence electrons. The number of carbonyl (C=O) groups excluding carboxylic acids is 2. The Morgan fingerprint density at radius 1 is 1.02 bits per heavy atom. The number of amides is 2. The van der Waals surface area contributed by atoms with Crippen molar-refractivity contribution in [1.29, 1.82) is 5.39 Å². The maximum atomic E-state index is 13.8. The van der Waals surface area contributed by atoms with Crippen LogP contribution in [0, 0.1) is 11.3 Å². The Kier molecular flexibility index (Phi) is 9.17. The van der Waals surface area contributed by atoms with Crippen LogP contribution >= 0.6 is 0 Å². The van der Waals surface area contributed by atoms with Gasteiger partial charge in [-0.1, -0.05) is 85.7 Å². The number of oxime groups is 1. The lowest BCUT2D eigenvalue weighted by molar-refractivity contribution is -0.145. The highest BCUT2D eigenvalue weighted by atomic mass is 16.7. The molecule has 42 heavy (non-hydrogen) atoms. The molecule has 1 unspecified atom stereocenters. The molecule has 0 bridgehead atoms. The Morgan fingerprint density at radius 3 is 2.40 bits per heavy atom. The fourth-order valence-electron chi connectivity index (χ4n) is 5.01. The second-order valence-corrected chi connectivity index (χ2v) is 10.5. The molecule has 4 N–H and O–H groups in total. The van der Waals surface area contributed by atoms with Crippen molar-refractivity contribution in [3.05, 3.63) is 101 Å². The normalized spacial score (nSPS) is 18.0. The minimum atomic E-state index is -1.61. The van der Waals surface area contributed by atoms with E-state index in [9.17, 15) is 24.6 Å². The predicted molar refractivity (Wildman–Crippen MR) is 156 cm³/mol. The van der Waals surface area contributed by atoms with Crippen LogP contribution in [-0.2, 0) is 20.8 Å². The molecule has 3 aromatic rings. The minimum absolute atomic E-state index is 0.0129. The lowest BCUT2D eigenvalue weighted by atomic mass is 9.84. The number of rotatable bonds is 11. The van der Waals surface area contributed by atoms with Crippen LogP contribution in [0.3, 0.4) is 0 Å². The Bertz CT molecular complexity index is 1570. The van der Waals surface area contributed by atoms with Crippen molar-refractivity contribution in [2.45, 2.75) is 50.8 Å². The quantitative estimate of drug-likeness (QED) is 0.194. The Morgan fingerprint density at radius 2 is 1.71 bits per heavy atom. The first-order valence-corrected chi connectivity index (χ1v) is 13.5. The summed E-state index contributed by atoms with van der Waals surface area (Å²) in [5.41, 5.74) is 0.0792. The molecule has 0 spiro atoms. The van der Waals surface area contributed by atoms with Gasteiger partial charge in [0.05, 0.1) is 18.2 Å². The Hall–Kier alpha value is -5.24. The molecule has 11 heteroatoms. The molecule has 0 fully saturated rings. The van der Waals surface area contributed by atoms with E-state index >= 15 is 0 Å². The van der Waals surface area contributed by atoms with Crippen LogP contribution in [0.4, 0.5) is 0 Å². The third-order valence-electron chi connectivity index (χ3n) is 7.13. The number of benzene rings is 3. The van der Waals surface area contributed by atoms with E-state index in [1.807, 2.05) is 80.6 Å². The third-order valence-corrected chi connectivity index (χ3v) is 7.13. The van der Waals surface area contributed by atoms with Gasteiger partial charge >= 0.3 is 12.2 Å². The van der Waals surface area contributed by atoms with Crippen LogP contribution in [0.2, 0.25) is 0 Å². The van der Waals surface area contributed by atoms with Crippen molar-refractivity contribution in [3.8, 4) is 0 Å². The topological polar surface area (TPSA) is 165 Å². The summed E-state index contributed by atoms with van der Waals surface area (Å²) in [6.07, 6.45) is 0.0334. The van der Waals surface area contributed by atoms with Crippen LogP contribution in [-0.4, -0.2) is 51.4 Å². The van der Waals surface area contributed by atoms with E-state index in [4.69, 9.17) is 10.2 Å². The standard InChI is InChI=1S/C31H31N5O6/c1-19(2)28(35-29(40)23-14-8-12-21-11-6-7-13-22(21)23)25-17-31(42-36-25,16-20-9-4-3-5-10-20)30(41)34-24(15-27(38)39)26(37)18-33-32/h3-14,18-19,24,28H,15-17H2,1-2H3,(H3-,34,35,37,38,39,40,41)/p+1/b26-18-/t24-,28-,31?/m0/s1. The molecule has 0 aliphatic carbocycles. The molecular formula is C31H32N5O6+. The summed E-state index contributed by atoms with van der Waals surface area (Å²) in [5, 5.41) is 40.0. The van der Waals surface area contributed by atoms with Gasteiger partial charge in [-0.2, -0.15) is 0 Å². The molecule has 3 atom stereocenters. The fraction of sp³-hybridized carbons (Fsp3) is 0.290. The first-order chi connectivity index (χ1) is 20.1. The van der Waals surface area contributed by atoms with Gasteiger partial charge in [0.15, 0.2) is 4.98 Å². The van der Waals surface area contributed by atoms with Crippen molar-refractivity contribution >= 4 is 34.3 Å². The summed E-state index contributed by atoms with van der Waals surface area (Å²) < 4.78 is 0. The summed E-state index contributed by atoms with van der Waals surface area (Å²) in [4.78, 5) is 47.3. The number of fused-ring (bicyclic) bond motifs is 1. The number of aliphatic hydroxyl groups is 1. The van der Waals surface area contributed by atoms with Gasteiger partial charge < -0.3 is 25.7 Å². The monoisotopic (exact) mass is 570 g/mol. The number of aliphatic hydroxyl groups excluding tert-OH is 1. The molecule has 1 heterocycles. The Balaban J connectivity index is 1.62. The summed E-state index contributed by atoms with van der Waals surface area (Å²) >= 11 is 0. The molecule has 1 aliphatic heterocycles. The lowest BCUT2D eigenvalue weighted by Gasteiger charge is -2.28. The Labute approximate surface area is 242 Å². The number of aliphatic carboxylic acids is 1. The third kappa shape index (κ3) is 6.72. The van der Waals surface area contributed by atoms with Crippen LogP contribution in [0.25, 0.3) is 15.7 Å². The average Bonchev–Trinajstić information content (AvgIpc) is 3.40. The van der Waals surface area contributed by atoms with Gasteiger partial charge in [0.25, 0.3) is 11.8 Å². The maximum absolute atomic E-state index is 13.8. The molecule has 11 nitrogen and oxygen atoms in total. The van der Waals surface area contributed by atoms with Crippen molar-refractivity contribution in [3.63, 3.8) is 0 Å². The van der Waals surface area contributed by atoms with E-state index in [1.165, 1.54) is 0 Å². The zero-order valence-corrected chi connectivity index (χ0v) is 23.2. The molecule has 1 aliphatic rings. The van der Waals surface area contributed by atoms with Crippen molar-refractivity contribution in [2.75, 3.05) is 0 Å². The van der Waals surface area contributed by atoms with Crippen LogP contribution in [0.1, 0.15) is 42.6 Å². The summed E-state index contributed by atoms with van der Waals surface area (Å²) in [6.45, 7) is 3.83. The second-order valence-electron chi connectivity index (χ2n) is 10.5. The molecule has 0 saturated carbocycles.